The molecule has 0 radical (unpaired) electrons. The molecule has 0 aromatic rings. The molecule has 0 saturated heterocycles. The van der Waals surface area contributed by atoms with Gasteiger partial charge in [0.1, 0.15) is 0 Å². The topological polar surface area (TPSA) is 0 Å². The fourth-order valence-electron chi connectivity index (χ4n) is 2.01. The van der Waals surface area contributed by atoms with Crippen LogP contribution in [0.15, 0.2) is 0 Å². The minimum absolute atomic E-state index is 0.273. The van der Waals surface area contributed by atoms with E-state index in [1.807, 2.05) is 0 Å². The van der Waals surface area contributed by atoms with Gasteiger partial charge in [-0.3, -0.25) is 0 Å². The van der Waals surface area contributed by atoms with Crippen LogP contribution in [0.2, 0.25) is 0 Å². The molecular formula is C16H36Br4Cl2P2Pd2. The maximum atomic E-state index is 6.30. The molecule has 0 bridgehead atoms. The van der Waals surface area contributed by atoms with Gasteiger partial charge >= 0.3 is 81.6 Å². The summed E-state index contributed by atoms with van der Waals surface area (Å²) in [6.07, 6.45) is 0. The third-order valence-corrected chi connectivity index (χ3v) is 13.2. The summed E-state index contributed by atoms with van der Waals surface area (Å²) in [6, 6.07) is 0. The van der Waals surface area contributed by atoms with Gasteiger partial charge in [0.25, 0.3) is 0 Å². The summed E-state index contributed by atoms with van der Waals surface area (Å²) in [7, 11) is -0.781. The van der Waals surface area contributed by atoms with Crippen molar-refractivity contribution in [2.45, 2.75) is 104 Å². The number of rotatable bonds is 0. The van der Waals surface area contributed by atoms with Crippen molar-refractivity contribution < 1.29 is 27.9 Å². The van der Waals surface area contributed by atoms with E-state index in [0.717, 1.165) is 0 Å². The second-order valence-electron chi connectivity index (χ2n) is 9.34. The average molecular weight is 894 g/mol. The molecule has 26 heavy (non-hydrogen) atoms. The fraction of sp³-hybridized carbons (Fsp3) is 1.00. The number of hydrogen-bond acceptors (Lipinski definition) is 0. The van der Waals surface area contributed by atoms with E-state index in [4.69, 9.17) is 22.5 Å². The molecule has 0 aliphatic heterocycles. The van der Waals surface area contributed by atoms with Gasteiger partial charge in [0.15, 0.2) is 0 Å². The van der Waals surface area contributed by atoms with E-state index >= 15 is 0 Å². The molecule has 10 heteroatoms. The molecule has 0 atom stereocenters. The number of halogens is 6. The Morgan fingerprint density at radius 3 is 0.538 bits per heavy atom. The van der Waals surface area contributed by atoms with Crippen molar-refractivity contribution >= 4 is 90.7 Å². The molecule has 0 nitrogen and oxygen atoms in total. The molecule has 0 heterocycles. The van der Waals surface area contributed by atoms with Crippen molar-refractivity contribution in [3.05, 3.63) is 0 Å². The Balaban J connectivity index is -0.000000143. The number of hydrogen-bond donors (Lipinski definition) is 0. The molecular weight excluding hydrogens is 857 g/mol. The van der Waals surface area contributed by atoms with Gasteiger partial charge in [-0.2, -0.15) is 0 Å². The van der Waals surface area contributed by atoms with Crippen LogP contribution >= 0.6 is 90.7 Å². The van der Waals surface area contributed by atoms with Gasteiger partial charge in [0.05, 0.1) is 0 Å². The summed E-state index contributed by atoms with van der Waals surface area (Å²) in [5.74, 6) is 0. The van der Waals surface area contributed by atoms with E-state index in [-0.39, 0.29) is 20.6 Å². The van der Waals surface area contributed by atoms with Crippen LogP contribution in [0.4, 0.5) is 0 Å². The predicted octanol–water partition coefficient (Wildman–Crippen LogP) is 11.8. The van der Waals surface area contributed by atoms with Gasteiger partial charge in [-0.15, -0.1) is 0 Å². The first-order valence-corrected chi connectivity index (χ1v) is 26.4. The average Bonchev–Trinajstić information content (AvgIpc) is 2.35. The van der Waals surface area contributed by atoms with Crippen molar-refractivity contribution in [3.8, 4) is 0 Å². The summed E-state index contributed by atoms with van der Waals surface area (Å²) in [5.41, 5.74) is 0. The van der Waals surface area contributed by atoms with Gasteiger partial charge in [-0.25, -0.2) is 0 Å². The zero-order chi connectivity index (χ0) is 22.6. The molecule has 0 saturated carbocycles. The van der Waals surface area contributed by atoms with Crippen molar-refractivity contribution in [2.24, 2.45) is 0 Å². The van der Waals surface area contributed by atoms with E-state index in [1.165, 1.54) is 0 Å². The molecule has 0 fully saturated rings. The van der Waals surface area contributed by atoms with Gasteiger partial charge < -0.3 is 0 Å². The monoisotopic (exact) mass is 888 g/mol. The third-order valence-electron chi connectivity index (χ3n) is 2.36. The zero-order valence-corrected chi connectivity index (χ0v) is 30.5. The van der Waals surface area contributed by atoms with Crippen LogP contribution in [0.1, 0.15) is 83.1 Å². The molecule has 0 aromatic carbocycles. The van der Waals surface area contributed by atoms with Crippen molar-refractivity contribution in [1.29, 1.82) is 0 Å². The van der Waals surface area contributed by atoms with Crippen molar-refractivity contribution in [1.82, 2.24) is 0 Å². The summed E-state index contributed by atoms with van der Waals surface area (Å²) < 4.78 is 0. The second-order valence-corrected chi connectivity index (χ2v) is 32.2. The Morgan fingerprint density at radius 1 is 0.462 bits per heavy atom. The van der Waals surface area contributed by atoms with E-state index in [0.29, 0.717) is 27.9 Å². The molecule has 0 aliphatic rings. The molecule has 172 valence electrons. The van der Waals surface area contributed by atoms with Crippen LogP contribution < -0.4 is 0 Å². The Labute approximate surface area is 219 Å². The van der Waals surface area contributed by atoms with E-state index in [2.05, 4.69) is 137 Å². The second kappa shape index (κ2) is 18.1. The standard InChI is InChI=1S/2C8H18ClP.4BrH.2Pd/c2*1-7(2,3)10(9)8(4,5)6;;;;;;/h2*1-6H3;4*1H;;/q;;;;;;2*+2/p-4. The normalized spacial score (nSPS) is 12.8. The summed E-state index contributed by atoms with van der Waals surface area (Å²) in [5, 5.41) is 1.09. The van der Waals surface area contributed by atoms with E-state index < -0.39 is 14.5 Å². The predicted molar refractivity (Wildman–Crippen MR) is 140 cm³/mol. The van der Waals surface area contributed by atoms with Crippen LogP contribution in [0.25, 0.3) is 0 Å². The molecule has 0 spiro atoms. The summed E-state index contributed by atoms with van der Waals surface area (Å²) >= 11 is 26.2. The molecule has 0 unspecified atom stereocenters. The van der Waals surface area contributed by atoms with E-state index in [9.17, 15) is 0 Å². The first-order valence-electron chi connectivity index (χ1n) is 7.71. The zero-order valence-electron chi connectivity index (χ0n) is 17.8. The summed E-state index contributed by atoms with van der Waals surface area (Å²) in [6.45, 7) is 26.5. The molecule has 0 aliphatic carbocycles. The van der Waals surface area contributed by atoms with Crippen molar-refractivity contribution in [2.75, 3.05) is 0 Å². The first kappa shape index (κ1) is 38.0. The SMILES string of the molecule is CC(C)(C)P(Cl)C(C)(C)C.CC(C)(C)P(Cl)C(C)(C)C.[Br][Pd][Br].[Br][Pd][Br]. The Kier molecular flexibility index (Phi) is 26.5. The molecule has 0 N–H and O–H groups in total. The Bertz CT molecular complexity index is 266. The minimum atomic E-state index is -0.390. The van der Waals surface area contributed by atoms with Crippen molar-refractivity contribution in [3.63, 3.8) is 0 Å². The maximum absolute atomic E-state index is 6.30. The van der Waals surface area contributed by atoms with Gasteiger partial charge in [-0.1, -0.05) is 106 Å². The fourth-order valence-corrected chi connectivity index (χ4v) is 6.04. The molecule has 0 amide bonds. The first-order chi connectivity index (χ1) is 11.1. The van der Waals surface area contributed by atoms with Gasteiger partial charge in [0, 0.05) is 14.5 Å². The third kappa shape index (κ3) is 26.7. The van der Waals surface area contributed by atoms with E-state index in [1.54, 1.807) is 0 Å². The van der Waals surface area contributed by atoms with Crippen LogP contribution in [-0.4, -0.2) is 20.6 Å². The molecule has 0 rings (SSSR count). The quantitative estimate of drug-likeness (QED) is 0.168. The Hall–Kier alpha value is 4.68. The van der Waals surface area contributed by atoms with Gasteiger partial charge in [0.2, 0.25) is 0 Å². The van der Waals surface area contributed by atoms with Crippen LogP contribution in [-0.2, 0) is 27.9 Å². The Morgan fingerprint density at radius 2 is 0.538 bits per heavy atom. The molecule has 0 aromatic heterocycles. The summed E-state index contributed by atoms with van der Waals surface area (Å²) in [4.78, 5) is 0. The van der Waals surface area contributed by atoms with Gasteiger partial charge in [-0.05, 0) is 20.6 Å². The van der Waals surface area contributed by atoms with Crippen LogP contribution in [0.3, 0.4) is 0 Å². The van der Waals surface area contributed by atoms with Crippen LogP contribution in [0.5, 0.6) is 0 Å². The van der Waals surface area contributed by atoms with Crippen LogP contribution in [0, 0.1) is 0 Å².